The van der Waals surface area contributed by atoms with Crippen molar-refractivity contribution in [2.75, 3.05) is 5.32 Å². The Morgan fingerprint density at radius 3 is 2.58 bits per heavy atom. The zero-order chi connectivity index (χ0) is 18.7. The molecule has 0 bridgehead atoms. The number of alkyl halides is 3. The van der Waals surface area contributed by atoms with Crippen LogP contribution in [0.4, 0.5) is 18.9 Å². The summed E-state index contributed by atoms with van der Waals surface area (Å²) in [6.07, 6.45) is -4.42. The molecule has 26 heavy (non-hydrogen) atoms. The van der Waals surface area contributed by atoms with Crippen molar-refractivity contribution in [1.82, 2.24) is 14.8 Å². The average molecular weight is 427 g/mol. The fourth-order valence-electron chi connectivity index (χ4n) is 2.36. The van der Waals surface area contributed by atoms with E-state index in [2.05, 4.69) is 31.3 Å². The van der Waals surface area contributed by atoms with Crippen molar-refractivity contribution in [2.45, 2.75) is 19.3 Å². The van der Waals surface area contributed by atoms with E-state index in [1.165, 1.54) is 12.1 Å². The van der Waals surface area contributed by atoms with E-state index in [4.69, 9.17) is 0 Å². The van der Waals surface area contributed by atoms with Crippen LogP contribution in [0.1, 0.15) is 17.0 Å². The van der Waals surface area contributed by atoms with Gasteiger partial charge in [-0.15, -0.1) is 0 Å². The highest BCUT2D eigenvalue weighted by Gasteiger charge is 2.30. The largest absolute Gasteiger partial charge is 0.416 e. The maximum Gasteiger partial charge on any atom is 0.416 e. The molecule has 0 radical (unpaired) electrons. The molecule has 1 heterocycles. The number of benzene rings is 2. The Balaban J connectivity index is 1.70. The van der Waals surface area contributed by atoms with Gasteiger partial charge in [-0.05, 0) is 42.0 Å². The highest BCUT2D eigenvalue weighted by atomic mass is 79.9. The maximum atomic E-state index is 12.8. The zero-order valence-corrected chi connectivity index (χ0v) is 14.9. The lowest BCUT2D eigenvalue weighted by Crippen LogP contribution is -2.19. The van der Waals surface area contributed by atoms with Crippen molar-refractivity contribution in [2.24, 2.45) is 0 Å². The Hall–Kier alpha value is -2.55. The van der Waals surface area contributed by atoms with Crippen LogP contribution in [-0.4, -0.2) is 14.8 Å². The van der Waals surface area contributed by atoms with Crippen LogP contribution in [-0.2, 0) is 19.3 Å². The van der Waals surface area contributed by atoms with E-state index < -0.39 is 17.4 Å². The second-order valence-corrected chi connectivity index (χ2v) is 6.51. The second-order valence-electron chi connectivity index (χ2n) is 5.59. The van der Waals surface area contributed by atoms with Crippen molar-refractivity contribution in [3.63, 3.8) is 0 Å². The maximum absolute atomic E-state index is 12.8. The summed E-state index contributed by atoms with van der Waals surface area (Å²) in [5, 5.41) is 7.23. The number of nitrogens with zero attached hydrogens (tertiary/aromatic N) is 2. The SMILES string of the molecule is O=c1[nH]c(CNc2ccc(Br)cc2)nn1Cc1cccc(C(F)(F)F)c1. The molecule has 0 amide bonds. The molecule has 0 saturated heterocycles. The molecule has 0 saturated carbocycles. The summed E-state index contributed by atoms with van der Waals surface area (Å²) in [6, 6.07) is 12.3. The van der Waals surface area contributed by atoms with E-state index in [1.807, 2.05) is 24.3 Å². The number of aromatic amines is 1. The Kier molecular flexibility index (Phi) is 5.17. The fourth-order valence-corrected chi connectivity index (χ4v) is 2.63. The smallest absolute Gasteiger partial charge is 0.378 e. The molecule has 3 rings (SSSR count). The summed E-state index contributed by atoms with van der Waals surface area (Å²) in [4.78, 5) is 14.6. The lowest BCUT2D eigenvalue weighted by Gasteiger charge is -2.08. The van der Waals surface area contributed by atoms with Gasteiger partial charge in [0.05, 0.1) is 18.7 Å². The Labute approximate surface area is 155 Å². The van der Waals surface area contributed by atoms with Gasteiger partial charge in [-0.3, -0.25) is 4.98 Å². The number of hydrogen-bond donors (Lipinski definition) is 2. The number of aromatic nitrogens is 3. The highest BCUT2D eigenvalue weighted by molar-refractivity contribution is 9.10. The van der Waals surface area contributed by atoms with Crippen molar-refractivity contribution in [3.8, 4) is 0 Å². The van der Waals surface area contributed by atoms with E-state index in [-0.39, 0.29) is 13.1 Å². The third-order valence-electron chi connectivity index (χ3n) is 3.62. The summed E-state index contributed by atoms with van der Waals surface area (Å²) in [7, 11) is 0. The van der Waals surface area contributed by atoms with Crippen LogP contribution < -0.4 is 11.0 Å². The molecule has 0 unspecified atom stereocenters. The number of anilines is 1. The van der Waals surface area contributed by atoms with E-state index in [0.717, 1.165) is 27.0 Å². The first-order valence-electron chi connectivity index (χ1n) is 7.63. The molecule has 9 heteroatoms. The van der Waals surface area contributed by atoms with Crippen molar-refractivity contribution in [3.05, 3.63) is 80.4 Å². The van der Waals surface area contributed by atoms with Crippen LogP contribution in [0.2, 0.25) is 0 Å². The van der Waals surface area contributed by atoms with Gasteiger partial charge in [-0.2, -0.15) is 18.3 Å². The molecule has 3 aromatic rings. The van der Waals surface area contributed by atoms with E-state index in [0.29, 0.717) is 11.4 Å². The number of hydrogen-bond acceptors (Lipinski definition) is 3. The predicted octanol–water partition coefficient (Wildman–Crippen LogP) is 4.01. The summed E-state index contributed by atoms with van der Waals surface area (Å²) < 4.78 is 40.4. The molecular formula is C17H14BrF3N4O. The molecule has 0 aliphatic heterocycles. The molecular weight excluding hydrogens is 413 g/mol. The monoisotopic (exact) mass is 426 g/mol. The number of H-pyrrole nitrogens is 1. The van der Waals surface area contributed by atoms with E-state index in [1.54, 1.807) is 0 Å². The minimum Gasteiger partial charge on any atom is -0.378 e. The lowest BCUT2D eigenvalue weighted by molar-refractivity contribution is -0.137. The minimum atomic E-state index is -4.42. The van der Waals surface area contributed by atoms with Crippen molar-refractivity contribution >= 4 is 21.6 Å². The molecule has 0 fully saturated rings. The van der Waals surface area contributed by atoms with Gasteiger partial charge in [0.1, 0.15) is 5.82 Å². The quantitative estimate of drug-likeness (QED) is 0.647. The summed E-state index contributed by atoms with van der Waals surface area (Å²) >= 11 is 3.34. The Morgan fingerprint density at radius 1 is 1.15 bits per heavy atom. The second kappa shape index (κ2) is 7.36. The highest BCUT2D eigenvalue weighted by Crippen LogP contribution is 2.29. The van der Waals surface area contributed by atoms with Gasteiger partial charge in [0.2, 0.25) is 0 Å². The molecule has 0 aliphatic carbocycles. The standard InChI is InChI=1S/C17H14BrF3N4O/c18-13-4-6-14(7-5-13)22-9-15-23-16(26)25(24-15)10-11-2-1-3-12(8-11)17(19,20)21/h1-8,22H,9-10H2,(H,23,24,26). The molecule has 136 valence electrons. The first-order chi connectivity index (χ1) is 12.3. The lowest BCUT2D eigenvalue weighted by atomic mass is 10.1. The number of halogens is 4. The number of nitrogens with one attached hydrogen (secondary N) is 2. The van der Waals surface area contributed by atoms with Gasteiger partial charge in [0.25, 0.3) is 0 Å². The molecule has 2 aromatic carbocycles. The van der Waals surface area contributed by atoms with Gasteiger partial charge in [-0.25, -0.2) is 9.48 Å². The van der Waals surface area contributed by atoms with Crippen molar-refractivity contribution < 1.29 is 13.2 Å². The molecule has 0 spiro atoms. The van der Waals surface area contributed by atoms with Crippen LogP contribution in [0.5, 0.6) is 0 Å². The predicted molar refractivity (Wildman–Crippen MR) is 94.9 cm³/mol. The molecule has 1 aromatic heterocycles. The van der Waals surface area contributed by atoms with Crippen LogP contribution in [0.25, 0.3) is 0 Å². The van der Waals surface area contributed by atoms with E-state index >= 15 is 0 Å². The normalized spacial score (nSPS) is 11.5. The average Bonchev–Trinajstić information content (AvgIpc) is 2.94. The van der Waals surface area contributed by atoms with Gasteiger partial charge < -0.3 is 5.32 Å². The van der Waals surface area contributed by atoms with Gasteiger partial charge in [-0.1, -0.05) is 28.1 Å². The molecule has 0 atom stereocenters. The zero-order valence-electron chi connectivity index (χ0n) is 13.3. The van der Waals surface area contributed by atoms with E-state index in [9.17, 15) is 18.0 Å². The first-order valence-corrected chi connectivity index (χ1v) is 8.42. The molecule has 0 aliphatic rings. The number of rotatable bonds is 5. The summed E-state index contributed by atoms with van der Waals surface area (Å²) in [5.41, 5.74) is -0.0342. The molecule has 2 N–H and O–H groups in total. The van der Waals surface area contributed by atoms with Crippen LogP contribution in [0.3, 0.4) is 0 Å². The van der Waals surface area contributed by atoms with Gasteiger partial charge in [0.15, 0.2) is 0 Å². The topological polar surface area (TPSA) is 62.7 Å². The van der Waals surface area contributed by atoms with Crippen LogP contribution in [0, 0.1) is 0 Å². The van der Waals surface area contributed by atoms with Gasteiger partial charge in [0, 0.05) is 10.2 Å². The fraction of sp³-hybridized carbons (Fsp3) is 0.176. The Morgan fingerprint density at radius 2 is 1.88 bits per heavy atom. The van der Waals surface area contributed by atoms with Crippen LogP contribution >= 0.6 is 15.9 Å². The molecule has 5 nitrogen and oxygen atoms in total. The summed E-state index contributed by atoms with van der Waals surface area (Å²) in [6.45, 7) is 0.240. The minimum absolute atomic E-state index is 0.0441. The van der Waals surface area contributed by atoms with Crippen LogP contribution in [0.15, 0.2) is 57.8 Å². The summed E-state index contributed by atoms with van der Waals surface area (Å²) in [5.74, 6) is 0.393. The first kappa shape index (κ1) is 18.2. The van der Waals surface area contributed by atoms with Crippen molar-refractivity contribution in [1.29, 1.82) is 0 Å². The van der Waals surface area contributed by atoms with Gasteiger partial charge >= 0.3 is 11.9 Å². The third-order valence-corrected chi connectivity index (χ3v) is 4.15. The third kappa shape index (κ3) is 4.54. The Bertz CT molecular complexity index is 948.